The summed E-state index contributed by atoms with van der Waals surface area (Å²) in [4.78, 5) is 5.98. The van der Waals surface area contributed by atoms with Crippen molar-refractivity contribution in [1.29, 1.82) is 5.41 Å². The van der Waals surface area contributed by atoms with Crippen molar-refractivity contribution in [3.05, 3.63) is 15.5 Å². The molecule has 1 N–H and O–H groups in total. The van der Waals surface area contributed by atoms with Crippen LogP contribution in [0.1, 0.15) is 18.9 Å². The Bertz CT molecular complexity index is 293. The van der Waals surface area contributed by atoms with E-state index >= 15 is 0 Å². The highest BCUT2D eigenvalue weighted by atomic mass is 35.5. The van der Waals surface area contributed by atoms with Crippen molar-refractivity contribution in [3.8, 4) is 0 Å². The first kappa shape index (κ1) is 10.5. The summed E-state index contributed by atoms with van der Waals surface area (Å²) in [6.45, 7) is 5.69. The summed E-state index contributed by atoms with van der Waals surface area (Å²) in [5, 5.41) is 10.7. The van der Waals surface area contributed by atoms with Gasteiger partial charge in [0.1, 0.15) is 5.15 Å². The van der Waals surface area contributed by atoms with E-state index in [1.807, 2.05) is 18.7 Å². The third-order valence-electron chi connectivity index (χ3n) is 1.76. The second kappa shape index (κ2) is 4.58. The van der Waals surface area contributed by atoms with Crippen LogP contribution in [0.4, 0.5) is 0 Å². The number of amidine groups is 1. The largest absolute Gasteiger partial charge is 0.355 e. The lowest BCUT2D eigenvalue weighted by atomic mass is 10.4. The Morgan fingerprint density at radius 1 is 1.62 bits per heavy atom. The molecular weight excluding hydrogens is 206 g/mol. The summed E-state index contributed by atoms with van der Waals surface area (Å²) in [6.07, 6.45) is 0. The molecular formula is C8H12ClN3S. The fourth-order valence-corrected chi connectivity index (χ4v) is 1.96. The summed E-state index contributed by atoms with van der Waals surface area (Å²) >= 11 is 7.09. The van der Waals surface area contributed by atoms with Crippen molar-refractivity contribution in [3.63, 3.8) is 0 Å². The van der Waals surface area contributed by atoms with Crippen LogP contribution in [0, 0.1) is 5.41 Å². The number of halogens is 1. The number of nitrogens with one attached hydrogen (secondary N) is 1. The number of rotatable bonds is 3. The van der Waals surface area contributed by atoms with Gasteiger partial charge in [-0.3, -0.25) is 5.41 Å². The molecule has 1 aromatic rings. The fraction of sp³-hybridized carbons (Fsp3) is 0.500. The zero-order chi connectivity index (χ0) is 9.84. The molecule has 1 rings (SSSR count). The topological polar surface area (TPSA) is 40.0 Å². The van der Waals surface area contributed by atoms with Crippen molar-refractivity contribution < 1.29 is 0 Å². The lowest BCUT2D eigenvalue weighted by Crippen LogP contribution is -2.30. The van der Waals surface area contributed by atoms with Crippen molar-refractivity contribution in [1.82, 2.24) is 9.88 Å². The van der Waals surface area contributed by atoms with Crippen LogP contribution in [-0.2, 0) is 0 Å². The molecule has 0 amide bonds. The Kier molecular flexibility index (Phi) is 3.69. The maximum Gasteiger partial charge on any atom is 0.159 e. The fourth-order valence-electron chi connectivity index (χ4n) is 1.04. The number of nitrogens with zero attached hydrogens (tertiary/aromatic N) is 2. The highest BCUT2D eigenvalue weighted by molar-refractivity contribution is 7.12. The molecule has 0 bridgehead atoms. The van der Waals surface area contributed by atoms with E-state index < -0.39 is 0 Å². The van der Waals surface area contributed by atoms with Gasteiger partial charge in [-0.05, 0) is 13.8 Å². The van der Waals surface area contributed by atoms with Gasteiger partial charge >= 0.3 is 0 Å². The summed E-state index contributed by atoms with van der Waals surface area (Å²) in [5.74, 6) is 0.460. The number of thiazole rings is 1. The van der Waals surface area contributed by atoms with E-state index in [2.05, 4.69) is 4.98 Å². The standard InChI is InChI=1S/C8H12ClN3S/c1-3-12(4-2)7(10)8-11-6(9)5-13-8/h5,10H,3-4H2,1-2H3. The minimum atomic E-state index is 0.460. The molecule has 0 radical (unpaired) electrons. The summed E-state index contributed by atoms with van der Waals surface area (Å²) < 4.78 is 0. The van der Waals surface area contributed by atoms with E-state index in [1.54, 1.807) is 5.38 Å². The Balaban J connectivity index is 2.78. The summed E-state index contributed by atoms with van der Waals surface area (Å²) in [6, 6.07) is 0. The zero-order valence-electron chi connectivity index (χ0n) is 7.67. The molecule has 1 aromatic heterocycles. The average Bonchev–Trinajstić information content (AvgIpc) is 2.54. The first-order valence-corrected chi connectivity index (χ1v) is 5.39. The van der Waals surface area contributed by atoms with Gasteiger partial charge in [0, 0.05) is 18.5 Å². The second-order valence-electron chi connectivity index (χ2n) is 2.50. The SMILES string of the molecule is CCN(CC)C(=N)c1nc(Cl)cs1. The van der Waals surface area contributed by atoms with Gasteiger partial charge in [0.15, 0.2) is 10.8 Å². The predicted octanol–water partition coefficient (Wildman–Crippen LogP) is 2.46. The molecule has 0 aliphatic carbocycles. The molecule has 0 fully saturated rings. The molecule has 0 atom stereocenters. The smallest absolute Gasteiger partial charge is 0.159 e. The predicted molar refractivity (Wildman–Crippen MR) is 56.9 cm³/mol. The minimum absolute atomic E-state index is 0.460. The zero-order valence-corrected chi connectivity index (χ0v) is 9.24. The third kappa shape index (κ3) is 2.42. The van der Waals surface area contributed by atoms with Gasteiger partial charge in [-0.2, -0.15) is 0 Å². The van der Waals surface area contributed by atoms with Crippen LogP contribution >= 0.6 is 22.9 Å². The van der Waals surface area contributed by atoms with E-state index in [0.717, 1.165) is 13.1 Å². The van der Waals surface area contributed by atoms with Gasteiger partial charge < -0.3 is 4.90 Å². The van der Waals surface area contributed by atoms with Crippen LogP contribution in [0.25, 0.3) is 0 Å². The molecule has 13 heavy (non-hydrogen) atoms. The summed E-state index contributed by atoms with van der Waals surface area (Å²) in [7, 11) is 0. The van der Waals surface area contributed by atoms with Gasteiger partial charge in [0.2, 0.25) is 0 Å². The lowest BCUT2D eigenvalue weighted by Gasteiger charge is -2.19. The maximum absolute atomic E-state index is 7.82. The van der Waals surface area contributed by atoms with Crippen LogP contribution in [0.15, 0.2) is 5.38 Å². The maximum atomic E-state index is 7.82. The van der Waals surface area contributed by atoms with Crippen LogP contribution in [0.5, 0.6) is 0 Å². The van der Waals surface area contributed by atoms with Gasteiger partial charge in [-0.15, -0.1) is 11.3 Å². The molecule has 5 heteroatoms. The Labute approximate surface area is 86.9 Å². The lowest BCUT2D eigenvalue weighted by molar-refractivity contribution is 0.463. The molecule has 72 valence electrons. The van der Waals surface area contributed by atoms with Crippen LogP contribution in [-0.4, -0.2) is 28.8 Å². The van der Waals surface area contributed by atoms with Crippen LogP contribution < -0.4 is 0 Å². The normalized spacial score (nSPS) is 10.1. The highest BCUT2D eigenvalue weighted by Crippen LogP contribution is 2.15. The molecule has 1 heterocycles. The molecule has 0 spiro atoms. The molecule has 0 saturated carbocycles. The molecule has 0 unspecified atom stereocenters. The number of hydrogen-bond donors (Lipinski definition) is 1. The van der Waals surface area contributed by atoms with Crippen LogP contribution in [0.3, 0.4) is 0 Å². The Morgan fingerprint density at radius 3 is 2.62 bits per heavy atom. The van der Waals surface area contributed by atoms with Crippen molar-refractivity contribution in [2.75, 3.05) is 13.1 Å². The molecule has 3 nitrogen and oxygen atoms in total. The van der Waals surface area contributed by atoms with E-state index in [4.69, 9.17) is 17.0 Å². The van der Waals surface area contributed by atoms with Crippen LogP contribution in [0.2, 0.25) is 5.15 Å². The van der Waals surface area contributed by atoms with E-state index in [1.165, 1.54) is 11.3 Å². The van der Waals surface area contributed by atoms with Gasteiger partial charge in [0.25, 0.3) is 0 Å². The number of aromatic nitrogens is 1. The number of hydrogen-bond acceptors (Lipinski definition) is 3. The Hall–Kier alpha value is -0.610. The summed E-state index contributed by atoms with van der Waals surface area (Å²) in [5.41, 5.74) is 0. The molecule has 0 aromatic carbocycles. The van der Waals surface area contributed by atoms with E-state index in [-0.39, 0.29) is 0 Å². The van der Waals surface area contributed by atoms with Crippen molar-refractivity contribution >= 4 is 28.8 Å². The average molecular weight is 218 g/mol. The van der Waals surface area contributed by atoms with Gasteiger partial charge in [-0.1, -0.05) is 11.6 Å². The van der Waals surface area contributed by atoms with Gasteiger partial charge in [0.05, 0.1) is 0 Å². The molecule has 0 saturated heterocycles. The quantitative estimate of drug-likeness (QED) is 0.624. The molecule has 0 aliphatic rings. The molecule has 0 aliphatic heterocycles. The highest BCUT2D eigenvalue weighted by Gasteiger charge is 2.11. The van der Waals surface area contributed by atoms with E-state index in [9.17, 15) is 0 Å². The second-order valence-corrected chi connectivity index (χ2v) is 3.74. The first-order valence-electron chi connectivity index (χ1n) is 4.13. The first-order chi connectivity index (χ1) is 6.19. The Morgan fingerprint density at radius 2 is 2.23 bits per heavy atom. The van der Waals surface area contributed by atoms with E-state index in [0.29, 0.717) is 16.0 Å². The van der Waals surface area contributed by atoms with Crippen molar-refractivity contribution in [2.24, 2.45) is 0 Å². The monoisotopic (exact) mass is 217 g/mol. The van der Waals surface area contributed by atoms with Gasteiger partial charge in [-0.25, -0.2) is 4.98 Å². The third-order valence-corrected chi connectivity index (χ3v) is 2.93. The minimum Gasteiger partial charge on any atom is -0.355 e. The van der Waals surface area contributed by atoms with Crippen molar-refractivity contribution in [2.45, 2.75) is 13.8 Å².